The number of ether oxygens (including phenoxy) is 2. The lowest BCUT2D eigenvalue weighted by molar-refractivity contribution is -0.892. The third kappa shape index (κ3) is 6.89. The van der Waals surface area contributed by atoms with Crippen LogP contribution in [0.1, 0.15) is 26.3 Å². The number of amides is 1. The molecule has 1 heterocycles. The van der Waals surface area contributed by atoms with Crippen LogP contribution in [-0.4, -0.2) is 58.9 Å². The molecule has 1 amide bonds. The van der Waals surface area contributed by atoms with E-state index in [1.165, 1.54) is 16.2 Å². The first-order valence-electron chi connectivity index (χ1n) is 11.1. The zero-order valence-electron chi connectivity index (χ0n) is 19.2. The van der Waals surface area contributed by atoms with Gasteiger partial charge in [0.15, 0.2) is 6.54 Å². The number of anilines is 1. The first kappa shape index (κ1) is 22.9. The molecule has 1 fully saturated rings. The predicted molar refractivity (Wildman–Crippen MR) is 124 cm³/mol. The third-order valence-corrected chi connectivity index (χ3v) is 5.71. The summed E-state index contributed by atoms with van der Waals surface area (Å²) in [6, 6.07) is 16.3. The number of nitrogens with zero attached hydrogens (tertiary/aromatic N) is 1. The highest BCUT2D eigenvalue weighted by Gasteiger charge is 2.22. The molecule has 0 aromatic heterocycles. The normalized spacial score (nSPS) is 14.9. The molecule has 1 aliphatic heterocycles. The van der Waals surface area contributed by atoms with Crippen LogP contribution in [0.5, 0.6) is 11.5 Å². The van der Waals surface area contributed by atoms with E-state index in [9.17, 15) is 4.79 Å². The van der Waals surface area contributed by atoms with Crippen molar-refractivity contribution in [2.45, 2.75) is 26.2 Å². The highest BCUT2D eigenvalue weighted by molar-refractivity contribution is 5.76. The highest BCUT2D eigenvalue weighted by atomic mass is 16.5. The Morgan fingerprint density at radius 2 is 1.77 bits per heavy atom. The minimum atomic E-state index is 0.0801. The Bertz CT molecular complexity index is 838. The number of methoxy groups -OCH3 is 1. The van der Waals surface area contributed by atoms with E-state index in [0.29, 0.717) is 19.7 Å². The lowest BCUT2D eigenvalue weighted by atomic mass is 9.87. The molecule has 0 unspecified atom stereocenters. The number of piperazine rings is 1. The van der Waals surface area contributed by atoms with Gasteiger partial charge in [-0.3, -0.25) is 4.79 Å². The summed E-state index contributed by atoms with van der Waals surface area (Å²) in [5.74, 6) is 1.79. The van der Waals surface area contributed by atoms with E-state index in [1.807, 2.05) is 24.3 Å². The summed E-state index contributed by atoms with van der Waals surface area (Å²) in [7, 11) is 1.69. The fraction of sp³-hybridized carbons (Fsp3) is 0.480. The fourth-order valence-electron chi connectivity index (χ4n) is 3.77. The molecular formula is C25H36N3O3+. The number of quaternary nitrogens is 1. The zero-order valence-corrected chi connectivity index (χ0v) is 19.2. The Balaban J connectivity index is 1.33. The minimum Gasteiger partial charge on any atom is -0.497 e. The number of benzene rings is 2. The maximum Gasteiger partial charge on any atom is 0.275 e. The topological polar surface area (TPSA) is 55.2 Å². The van der Waals surface area contributed by atoms with Crippen LogP contribution in [0, 0.1) is 0 Å². The van der Waals surface area contributed by atoms with Crippen molar-refractivity contribution < 1.29 is 19.2 Å². The Labute approximate surface area is 186 Å². The molecule has 6 heteroatoms. The van der Waals surface area contributed by atoms with Crippen molar-refractivity contribution in [1.29, 1.82) is 0 Å². The van der Waals surface area contributed by atoms with Gasteiger partial charge in [0.2, 0.25) is 0 Å². The first-order valence-corrected chi connectivity index (χ1v) is 11.1. The van der Waals surface area contributed by atoms with Crippen LogP contribution in [0.25, 0.3) is 0 Å². The number of carbonyl (C=O) groups excluding carboxylic acids is 1. The number of hydrogen-bond acceptors (Lipinski definition) is 4. The lowest BCUT2D eigenvalue weighted by Gasteiger charge is -2.33. The Morgan fingerprint density at radius 1 is 1.06 bits per heavy atom. The zero-order chi connectivity index (χ0) is 22.3. The summed E-state index contributed by atoms with van der Waals surface area (Å²) in [4.78, 5) is 16.0. The number of hydrogen-bond donors (Lipinski definition) is 2. The third-order valence-electron chi connectivity index (χ3n) is 5.71. The van der Waals surface area contributed by atoms with Crippen molar-refractivity contribution in [3.63, 3.8) is 0 Å². The SMILES string of the molecule is COc1cccc(N2CC[NH+](CC(=O)NCCOc3ccc(C(C)(C)C)cc3)CC2)c1. The summed E-state index contributed by atoms with van der Waals surface area (Å²) in [5.41, 5.74) is 2.59. The van der Waals surface area contributed by atoms with Crippen LogP contribution in [0.3, 0.4) is 0 Å². The second-order valence-corrected chi connectivity index (χ2v) is 9.09. The van der Waals surface area contributed by atoms with Crippen LogP contribution in [0.2, 0.25) is 0 Å². The van der Waals surface area contributed by atoms with Gasteiger partial charge in [-0.1, -0.05) is 39.0 Å². The summed E-state index contributed by atoms with van der Waals surface area (Å²) >= 11 is 0. The van der Waals surface area contributed by atoms with Crippen molar-refractivity contribution in [2.75, 3.05) is 57.9 Å². The molecule has 1 saturated heterocycles. The molecule has 2 N–H and O–H groups in total. The molecule has 6 nitrogen and oxygen atoms in total. The second kappa shape index (κ2) is 10.5. The molecule has 2 aromatic carbocycles. The van der Waals surface area contributed by atoms with E-state index in [2.05, 4.69) is 55.3 Å². The Morgan fingerprint density at radius 3 is 2.42 bits per heavy atom. The van der Waals surface area contributed by atoms with E-state index in [0.717, 1.165) is 37.7 Å². The van der Waals surface area contributed by atoms with E-state index < -0.39 is 0 Å². The largest absolute Gasteiger partial charge is 0.497 e. The second-order valence-electron chi connectivity index (χ2n) is 9.09. The fourth-order valence-corrected chi connectivity index (χ4v) is 3.77. The predicted octanol–water partition coefficient (Wildman–Crippen LogP) is 1.89. The minimum absolute atomic E-state index is 0.0801. The molecule has 2 aromatic rings. The smallest absolute Gasteiger partial charge is 0.275 e. The highest BCUT2D eigenvalue weighted by Crippen LogP contribution is 2.24. The summed E-state index contributed by atoms with van der Waals surface area (Å²) in [5, 5.41) is 2.98. The maximum atomic E-state index is 12.3. The van der Waals surface area contributed by atoms with Gasteiger partial charge in [-0.05, 0) is 35.2 Å². The Kier molecular flexibility index (Phi) is 7.80. The summed E-state index contributed by atoms with van der Waals surface area (Å²) in [6.45, 7) is 11.8. The van der Waals surface area contributed by atoms with Crippen molar-refractivity contribution in [2.24, 2.45) is 0 Å². The molecule has 0 saturated carbocycles. The van der Waals surface area contributed by atoms with Crippen LogP contribution in [0.15, 0.2) is 48.5 Å². The van der Waals surface area contributed by atoms with Crippen molar-refractivity contribution in [3.05, 3.63) is 54.1 Å². The van der Waals surface area contributed by atoms with Crippen molar-refractivity contribution in [1.82, 2.24) is 5.32 Å². The monoisotopic (exact) mass is 426 g/mol. The number of nitrogens with one attached hydrogen (secondary N) is 2. The molecule has 0 atom stereocenters. The molecule has 0 aliphatic carbocycles. The average Bonchev–Trinajstić information content (AvgIpc) is 2.77. The van der Waals surface area contributed by atoms with Gasteiger partial charge in [0.25, 0.3) is 5.91 Å². The summed E-state index contributed by atoms with van der Waals surface area (Å²) in [6.07, 6.45) is 0. The molecule has 168 valence electrons. The van der Waals surface area contributed by atoms with Crippen molar-refractivity contribution >= 4 is 11.6 Å². The molecule has 1 aliphatic rings. The number of carbonyl (C=O) groups is 1. The van der Waals surface area contributed by atoms with E-state index in [-0.39, 0.29) is 11.3 Å². The van der Waals surface area contributed by atoms with E-state index >= 15 is 0 Å². The molecular weight excluding hydrogens is 390 g/mol. The molecule has 0 bridgehead atoms. The maximum absolute atomic E-state index is 12.3. The van der Waals surface area contributed by atoms with Gasteiger partial charge in [0, 0.05) is 11.8 Å². The quantitative estimate of drug-likeness (QED) is 0.633. The van der Waals surface area contributed by atoms with Gasteiger partial charge < -0.3 is 24.6 Å². The van der Waals surface area contributed by atoms with Gasteiger partial charge in [0.05, 0.1) is 39.8 Å². The standard InChI is InChI=1S/C25H35N3O3/c1-25(2,3)20-8-10-22(11-9-20)31-17-12-26-24(29)19-27-13-15-28(16-14-27)21-6-5-7-23(18-21)30-4/h5-11,18H,12-17,19H2,1-4H3,(H,26,29)/p+1. The van der Waals surface area contributed by atoms with Gasteiger partial charge in [-0.25, -0.2) is 0 Å². The first-order chi connectivity index (χ1) is 14.8. The van der Waals surface area contributed by atoms with Crippen LogP contribution in [0.4, 0.5) is 5.69 Å². The van der Waals surface area contributed by atoms with Gasteiger partial charge in [-0.15, -0.1) is 0 Å². The Hall–Kier alpha value is -2.73. The average molecular weight is 427 g/mol. The van der Waals surface area contributed by atoms with Crippen molar-refractivity contribution in [3.8, 4) is 11.5 Å². The molecule has 31 heavy (non-hydrogen) atoms. The van der Waals surface area contributed by atoms with Crippen LogP contribution >= 0.6 is 0 Å². The van der Waals surface area contributed by atoms with Gasteiger partial charge >= 0.3 is 0 Å². The molecule has 0 radical (unpaired) electrons. The van der Waals surface area contributed by atoms with Gasteiger partial charge in [-0.2, -0.15) is 0 Å². The van der Waals surface area contributed by atoms with Gasteiger partial charge in [0.1, 0.15) is 18.1 Å². The number of rotatable bonds is 8. The van der Waals surface area contributed by atoms with E-state index in [1.54, 1.807) is 7.11 Å². The molecule has 0 spiro atoms. The summed E-state index contributed by atoms with van der Waals surface area (Å²) < 4.78 is 11.1. The molecule has 3 rings (SSSR count). The van der Waals surface area contributed by atoms with E-state index in [4.69, 9.17) is 9.47 Å². The lowest BCUT2D eigenvalue weighted by Crippen LogP contribution is -3.16. The van der Waals surface area contributed by atoms with Crippen LogP contribution in [-0.2, 0) is 10.2 Å². The van der Waals surface area contributed by atoms with Crippen LogP contribution < -0.4 is 24.6 Å².